The van der Waals surface area contributed by atoms with Crippen LogP contribution in [0.25, 0.3) is 0 Å². The Bertz CT molecular complexity index is 804. The second-order valence-electron chi connectivity index (χ2n) is 7.08. The first-order chi connectivity index (χ1) is 13.5. The van der Waals surface area contributed by atoms with Gasteiger partial charge in [-0.05, 0) is 61.2 Å². The Labute approximate surface area is 163 Å². The molecule has 0 aromatic heterocycles. The van der Waals surface area contributed by atoms with Crippen molar-refractivity contribution in [3.05, 3.63) is 59.9 Å². The fraction of sp³-hybridized carbons (Fsp3) is 0.364. The molecule has 2 aromatic carbocycles. The van der Waals surface area contributed by atoms with E-state index in [9.17, 15) is 19.1 Å². The van der Waals surface area contributed by atoms with E-state index in [0.29, 0.717) is 37.3 Å². The second-order valence-corrected chi connectivity index (χ2v) is 7.08. The molecule has 1 aliphatic carbocycles. The minimum Gasteiger partial charge on any atom is -0.481 e. The van der Waals surface area contributed by atoms with Gasteiger partial charge in [0.25, 0.3) is 0 Å². The summed E-state index contributed by atoms with van der Waals surface area (Å²) in [5.41, 5.74) is 1.03. The lowest BCUT2D eigenvalue weighted by molar-refractivity contribution is -0.148. The van der Waals surface area contributed by atoms with Crippen LogP contribution < -0.4 is 10.1 Å². The number of amides is 1. The standard InChI is InChI=1S/C22H24FNO4/c23-16-7-11-18(12-8-16)28-17-9-5-15(6-10-17)13-14-24-21(25)19-3-1-2-4-20(19)22(26)27/h5-12,19-20H,1-4,13-14H2,(H,24,25)(H,26,27). The summed E-state index contributed by atoms with van der Waals surface area (Å²) in [5.74, 6) is -1.16. The summed E-state index contributed by atoms with van der Waals surface area (Å²) in [6.45, 7) is 0.458. The van der Waals surface area contributed by atoms with Gasteiger partial charge in [0.1, 0.15) is 17.3 Å². The van der Waals surface area contributed by atoms with Gasteiger partial charge in [-0.15, -0.1) is 0 Å². The Hall–Kier alpha value is -2.89. The predicted octanol–water partition coefficient (Wildman–Crippen LogP) is 4.17. The largest absolute Gasteiger partial charge is 0.481 e. The number of halogens is 1. The van der Waals surface area contributed by atoms with Gasteiger partial charge in [0.15, 0.2) is 0 Å². The molecule has 0 spiro atoms. The van der Waals surface area contributed by atoms with Crippen molar-refractivity contribution < 1.29 is 23.8 Å². The van der Waals surface area contributed by atoms with Crippen molar-refractivity contribution in [1.29, 1.82) is 0 Å². The van der Waals surface area contributed by atoms with Gasteiger partial charge >= 0.3 is 5.97 Å². The van der Waals surface area contributed by atoms with E-state index >= 15 is 0 Å². The number of hydrogen-bond acceptors (Lipinski definition) is 3. The Morgan fingerprint density at radius 2 is 1.54 bits per heavy atom. The van der Waals surface area contributed by atoms with Gasteiger partial charge in [-0.25, -0.2) is 4.39 Å². The Balaban J connectivity index is 1.47. The summed E-state index contributed by atoms with van der Waals surface area (Å²) < 4.78 is 18.6. The Morgan fingerprint density at radius 3 is 2.14 bits per heavy atom. The summed E-state index contributed by atoms with van der Waals surface area (Å²) in [6, 6.07) is 13.3. The van der Waals surface area contributed by atoms with E-state index < -0.39 is 17.8 Å². The van der Waals surface area contributed by atoms with Crippen molar-refractivity contribution >= 4 is 11.9 Å². The van der Waals surface area contributed by atoms with Gasteiger partial charge in [-0.2, -0.15) is 0 Å². The van der Waals surface area contributed by atoms with Crippen molar-refractivity contribution in [3.63, 3.8) is 0 Å². The molecule has 3 rings (SSSR count). The molecule has 2 atom stereocenters. The molecule has 1 saturated carbocycles. The maximum Gasteiger partial charge on any atom is 0.307 e. The molecule has 2 N–H and O–H groups in total. The van der Waals surface area contributed by atoms with Gasteiger partial charge in [0, 0.05) is 6.54 Å². The molecule has 5 nitrogen and oxygen atoms in total. The van der Waals surface area contributed by atoms with Crippen molar-refractivity contribution in [3.8, 4) is 11.5 Å². The van der Waals surface area contributed by atoms with Gasteiger partial charge < -0.3 is 15.2 Å². The summed E-state index contributed by atoms with van der Waals surface area (Å²) in [7, 11) is 0. The van der Waals surface area contributed by atoms with E-state index in [1.807, 2.05) is 24.3 Å². The highest BCUT2D eigenvalue weighted by atomic mass is 19.1. The molecule has 0 radical (unpaired) electrons. The number of rotatable bonds is 7. The zero-order valence-corrected chi connectivity index (χ0v) is 15.6. The Kier molecular flexibility index (Phi) is 6.63. The molecular formula is C22H24FNO4. The van der Waals surface area contributed by atoms with E-state index in [0.717, 1.165) is 18.4 Å². The van der Waals surface area contributed by atoms with E-state index in [1.165, 1.54) is 12.1 Å². The van der Waals surface area contributed by atoms with Crippen LogP contribution in [-0.2, 0) is 16.0 Å². The number of hydrogen-bond donors (Lipinski definition) is 2. The van der Waals surface area contributed by atoms with Crippen LogP contribution in [0.1, 0.15) is 31.2 Å². The van der Waals surface area contributed by atoms with Crippen LogP contribution in [0.15, 0.2) is 48.5 Å². The van der Waals surface area contributed by atoms with E-state index in [-0.39, 0.29) is 11.7 Å². The summed E-state index contributed by atoms with van der Waals surface area (Å²) in [4.78, 5) is 23.7. The molecule has 0 saturated heterocycles. The van der Waals surface area contributed by atoms with Crippen molar-refractivity contribution in [2.24, 2.45) is 11.8 Å². The maximum atomic E-state index is 12.9. The monoisotopic (exact) mass is 385 g/mol. The third-order valence-electron chi connectivity index (χ3n) is 5.11. The molecule has 148 valence electrons. The number of carbonyl (C=O) groups is 2. The van der Waals surface area contributed by atoms with Crippen molar-refractivity contribution in [1.82, 2.24) is 5.32 Å². The first-order valence-electron chi connectivity index (χ1n) is 9.56. The van der Waals surface area contributed by atoms with Crippen LogP contribution in [0.3, 0.4) is 0 Å². The lowest BCUT2D eigenvalue weighted by atomic mass is 9.78. The molecular weight excluding hydrogens is 361 g/mol. The van der Waals surface area contributed by atoms with Crippen molar-refractivity contribution in [2.75, 3.05) is 6.54 Å². The van der Waals surface area contributed by atoms with E-state index in [4.69, 9.17) is 4.74 Å². The molecule has 6 heteroatoms. The number of nitrogens with one attached hydrogen (secondary N) is 1. The maximum absolute atomic E-state index is 12.9. The molecule has 1 aliphatic rings. The number of benzene rings is 2. The number of aliphatic carboxylic acids is 1. The van der Waals surface area contributed by atoms with Crippen LogP contribution in [0.4, 0.5) is 4.39 Å². The molecule has 1 amide bonds. The predicted molar refractivity (Wildman–Crippen MR) is 103 cm³/mol. The van der Waals surface area contributed by atoms with E-state index in [2.05, 4.69) is 5.32 Å². The van der Waals surface area contributed by atoms with E-state index in [1.54, 1.807) is 12.1 Å². The number of carbonyl (C=O) groups excluding carboxylic acids is 1. The number of ether oxygens (including phenoxy) is 1. The van der Waals surface area contributed by atoms with Crippen LogP contribution in [0.5, 0.6) is 11.5 Å². The highest BCUT2D eigenvalue weighted by Crippen LogP contribution is 2.30. The zero-order chi connectivity index (χ0) is 19.9. The molecule has 2 unspecified atom stereocenters. The summed E-state index contributed by atoms with van der Waals surface area (Å²) >= 11 is 0. The van der Waals surface area contributed by atoms with Gasteiger partial charge in [0.05, 0.1) is 11.8 Å². The van der Waals surface area contributed by atoms with Gasteiger partial charge in [-0.3, -0.25) is 9.59 Å². The number of carboxylic acids is 1. The third-order valence-corrected chi connectivity index (χ3v) is 5.11. The van der Waals surface area contributed by atoms with Crippen LogP contribution >= 0.6 is 0 Å². The molecule has 0 bridgehead atoms. The topological polar surface area (TPSA) is 75.6 Å². The van der Waals surface area contributed by atoms with Gasteiger partial charge in [-0.1, -0.05) is 25.0 Å². The average molecular weight is 385 g/mol. The zero-order valence-electron chi connectivity index (χ0n) is 15.6. The lowest BCUT2D eigenvalue weighted by Gasteiger charge is -2.27. The minimum absolute atomic E-state index is 0.164. The molecule has 0 heterocycles. The lowest BCUT2D eigenvalue weighted by Crippen LogP contribution is -2.40. The molecule has 0 aliphatic heterocycles. The molecule has 2 aromatic rings. The van der Waals surface area contributed by atoms with Crippen LogP contribution in [0.2, 0.25) is 0 Å². The normalized spacial score (nSPS) is 19.0. The highest BCUT2D eigenvalue weighted by molar-refractivity contribution is 5.84. The fourth-order valence-electron chi connectivity index (χ4n) is 3.56. The third kappa shape index (κ3) is 5.31. The van der Waals surface area contributed by atoms with Crippen LogP contribution in [-0.4, -0.2) is 23.5 Å². The second kappa shape index (κ2) is 9.35. The SMILES string of the molecule is O=C(O)C1CCCCC1C(=O)NCCc1ccc(Oc2ccc(F)cc2)cc1. The highest BCUT2D eigenvalue weighted by Gasteiger charge is 2.35. The van der Waals surface area contributed by atoms with Crippen LogP contribution in [0, 0.1) is 17.7 Å². The Morgan fingerprint density at radius 1 is 0.964 bits per heavy atom. The smallest absolute Gasteiger partial charge is 0.307 e. The minimum atomic E-state index is -0.878. The summed E-state index contributed by atoms with van der Waals surface area (Å²) in [5, 5.41) is 12.2. The quantitative estimate of drug-likeness (QED) is 0.750. The fourth-order valence-corrected chi connectivity index (χ4v) is 3.56. The number of carboxylic acid groups (broad SMARTS) is 1. The van der Waals surface area contributed by atoms with Crippen molar-refractivity contribution in [2.45, 2.75) is 32.1 Å². The first kappa shape index (κ1) is 19.9. The average Bonchev–Trinajstić information content (AvgIpc) is 2.71. The molecule has 1 fully saturated rings. The summed E-state index contributed by atoms with van der Waals surface area (Å²) in [6.07, 6.45) is 3.62. The van der Waals surface area contributed by atoms with Gasteiger partial charge in [0.2, 0.25) is 5.91 Å². The first-order valence-corrected chi connectivity index (χ1v) is 9.56. The molecule has 28 heavy (non-hydrogen) atoms.